The molecule has 1 N–H and O–H groups in total. The standard InChI is InChI=1S/C17H19F3N6OS2/c1-3-26-7-5-4-6-10-8-12(22-23-15-24-25-16(28-2)29-15)11(9-13(10)26)21-14(27)17(18,19)20/h8-9H,3-7H2,1-2H3,(H,21,27). The number of amides is 1. The zero-order valence-electron chi connectivity index (χ0n) is 15.8. The Morgan fingerprint density at radius 2 is 2.10 bits per heavy atom. The third-order valence-electron chi connectivity index (χ3n) is 4.36. The highest BCUT2D eigenvalue weighted by Crippen LogP contribution is 2.38. The smallest absolute Gasteiger partial charge is 0.372 e. The lowest BCUT2D eigenvalue weighted by molar-refractivity contribution is -0.167. The Kier molecular flexibility index (Phi) is 6.73. The summed E-state index contributed by atoms with van der Waals surface area (Å²) < 4.78 is 39.1. The van der Waals surface area contributed by atoms with Gasteiger partial charge in [0.2, 0.25) is 0 Å². The summed E-state index contributed by atoms with van der Waals surface area (Å²) in [6, 6.07) is 3.24. The van der Waals surface area contributed by atoms with Gasteiger partial charge in [-0.1, -0.05) is 23.1 Å². The maximum Gasteiger partial charge on any atom is 0.471 e. The van der Waals surface area contributed by atoms with E-state index in [-0.39, 0.29) is 16.5 Å². The van der Waals surface area contributed by atoms with Gasteiger partial charge in [-0.3, -0.25) is 4.79 Å². The molecule has 0 bridgehead atoms. The normalized spacial score (nSPS) is 14.7. The summed E-state index contributed by atoms with van der Waals surface area (Å²) in [5.41, 5.74) is 1.89. The lowest BCUT2D eigenvalue weighted by Crippen LogP contribution is -2.30. The minimum absolute atomic E-state index is 0.0372. The molecule has 0 saturated carbocycles. The van der Waals surface area contributed by atoms with Crippen LogP contribution in [-0.2, 0) is 11.2 Å². The number of aryl methyl sites for hydroxylation is 1. The number of alkyl halides is 3. The van der Waals surface area contributed by atoms with Gasteiger partial charge in [0.1, 0.15) is 5.69 Å². The van der Waals surface area contributed by atoms with Gasteiger partial charge in [-0.25, -0.2) is 0 Å². The van der Waals surface area contributed by atoms with Crippen molar-refractivity contribution in [2.45, 2.75) is 36.7 Å². The molecule has 1 aromatic heterocycles. The highest BCUT2D eigenvalue weighted by Gasteiger charge is 2.39. The minimum Gasteiger partial charge on any atom is -0.372 e. The molecule has 1 aliphatic heterocycles. The molecule has 7 nitrogen and oxygen atoms in total. The van der Waals surface area contributed by atoms with E-state index in [4.69, 9.17) is 0 Å². The molecule has 0 saturated heterocycles. The van der Waals surface area contributed by atoms with Crippen molar-refractivity contribution in [1.29, 1.82) is 0 Å². The van der Waals surface area contributed by atoms with Gasteiger partial charge in [-0.15, -0.1) is 20.4 Å². The Morgan fingerprint density at radius 3 is 2.76 bits per heavy atom. The Balaban J connectivity index is 2.01. The number of benzene rings is 1. The molecule has 0 fully saturated rings. The quantitative estimate of drug-likeness (QED) is 0.497. The van der Waals surface area contributed by atoms with Crippen molar-refractivity contribution in [3.05, 3.63) is 17.7 Å². The van der Waals surface area contributed by atoms with Gasteiger partial charge >= 0.3 is 12.1 Å². The zero-order valence-corrected chi connectivity index (χ0v) is 17.4. The van der Waals surface area contributed by atoms with Gasteiger partial charge in [0.25, 0.3) is 5.13 Å². The average Bonchev–Trinajstić information content (AvgIpc) is 3.05. The third kappa shape index (κ3) is 5.24. The maximum absolute atomic E-state index is 12.8. The molecule has 0 unspecified atom stereocenters. The number of nitrogens with one attached hydrogen (secondary N) is 1. The molecular formula is C17H19F3N6OS2. The topological polar surface area (TPSA) is 82.8 Å². The van der Waals surface area contributed by atoms with Crippen LogP contribution in [0.25, 0.3) is 0 Å². The van der Waals surface area contributed by atoms with Gasteiger partial charge in [0.15, 0.2) is 4.34 Å². The lowest BCUT2D eigenvalue weighted by Gasteiger charge is -2.24. The predicted molar refractivity (Wildman–Crippen MR) is 108 cm³/mol. The second-order valence-electron chi connectivity index (χ2n) is 6.24. The van der Waals surface area contributed by atoms with Crippen molar-refractivity contribution < 1.29 is 18.0 Å². The van der Waals surface area contributed by atoms with Crippen molar-refractivity contribution in [2.75, 3.05) is 29.6 Å². The summed E-state index contributed by atoms with van der Waals surface area (Å²) in [5.74, 6) is -2.05. The summed E-state index contributed by atoms with van der Waals surface area (Å²) in [6.07, 6.45) is -0.443. The minimum atomic E-state index is -5.00. The molecule has 1 aromatic carbocycles. The molecule has 2 aromatic rings. The predicted octanol–water partition coefficient (Wildman–Crippen LogP) is 5.34. The van der Waals surface area contributed by atoms with E-state index in [9.17, 15) is 18.0 Å². The van der Waals surface area contributed by atoms with Gasteiger partial charge in [-0.05, 0) is 50.1 Å². The van der Waals surface area contributed by atoms with Crippen LogP contribution in [0.1, 0.15) is 25.3 Å². The van der Waals surface area contributed by atoms with Crippen LogP contribution < -0.4 is 10.2 Å². The molecule has 1 amide bonds. The van der Waals surface area contributed by atoms with Crippen LogP contribution in [0.3, 0.4) is 0 Å². The fourth-order valence-electron chi connectivity index (χ4n) is 2.98. The van der Waals surface area contributed by atoms with E-state index in [1.807, 2.05) is 18.5 Å². The number of fused-ring (bicyclic) bond motifs is 1. The molecule has 0 atom stereocenters. The first-order chi connectivity index (χ1) is 13.8. The number of halogens is 3. The van der Waals surface area contributed by atoms with Crippen LogP contribution in [0.15, 0.2) is 26.7 Å². The monoisotopic (exact) mass is 444 g/mol. The second kappa shape index (κ2) is 9.08. The SMILES string of the molecule is CCN1CCCCc2cc(N=Nc3nnc(SC)s3)c(NC(=O)C(F)(F)F)cc21. The van der Waals surface area contributed by atoms with Crippen LogP contribution in [0, 0.1) is 0 Å². The lowest BCUT2D eigenvalue weighted by atomic mass is 10.1. The van der Waals surface area contributed by atoms with Crippen molar-refractivity contribution in [3.63, 3.8) is 0 Å². The van der Waals surface area contributed by atoms with E-state index in [2.05, 4.69) is 25.3 Å². The van der Waals surface area contributed by atoms with Crippen molar-refractivity contribution in [3.8, 4) is 0 Å². The zero-order chi connectivity index (χ0) is 21.0. The fourth-order valence-corrected chi connectivity index (χ4v) is 4.06. The largest absolute Gasteiger partial charge is 0.471 e. The van der Waals surface area contributed by atoms with Crippen LogP contribution in [0.5, 0.6) is 0 Å². The molecule has 0 aliphatic carbocycles. The number of thioether (sulfide) groups is 1. The van der Waals surface area contributed by atoms with Crippen molar-refractivity contribution >= 4 is 51.2 Å². The van der Waals surface area contributed by atoms with E-state index in [1.165, 1.54) is 23.1 Å². The van der Waals surface area contributed by atoms with Crippen LogP contribution >= 0.6 is 23.1 Å². The summed E-state index contributed by atoms with van der Waals surface area (Å²) in [4.78, 5) is 13.6. The summed E-state index contributed by atoms with van der Waals surface area (Å²) >= 11 is 2.62. The molecule has 29 heavy (non-hydrogen) atoms. The molecule has 0 radical (unpaired) electrons. The summed E-state index contributed by atoms with van der Waals surface area (Å²) in [5, 5.41) is 18.1. The number of hydrogen-bond acceptors (Lipinski definition) is 8. The molecule has 3 rings (SSSR count). The molecule has 12 heteroatoms. The van der Waals surface area contributed by atoms with Crippen molar-refractivity contribution in [2.24, 2.45) is 10.2 Å². The Bertz CT molecular complexity index is 915. The van der Waals surface area contributed by atoms with Crippen LogP contribution in [0.2, 0.25) is 0 Å². The van der Waals surface area contributed by atoms with E-state index in [0.29, 0.717) is 10.9 Å². The number of carbonyl (C=O) groups is 1. The Morgan fingerprint density at radius 1 is 1.31 bits per heavy atom. The first-order valence-electron chi connectivity index (χ1n) is 8.91. The third-order valence-corrected chi connectivity index (χ3v) is 6.15. The molecule has 2 heterocycles. The molecule has 0 spiro atoms. The number of nitrogens with zero attached hydrogens (tertiary/aromatic N) is 5. The Hall–Kier alpha value is -2.21. The first-order valence-corrected chi connectivity index (χ1v) is 10.9. The fraction of sp³-hybridized carbons (Fsp3) is 0.471. The number of aromatic nitrogens is 2. The van der Waals surface area contributed by atoms with Crippen LogP contribution in [-0.4, -0.2) is 41.6 Å². The van der Waals surface area contributed by atoms with Crippen molar-refractivity contribution in [1.82, 2.24) is 10.2 Å². The highest BCUT2D eigenvalue weighted by molar-refractivity contribution is 8.00. The van der Waals surface area contributed by atoms with Gasteiger partial charge < -0.3 is 10.2 Å². The number of carbonyl (C=O) groups excluding carboxylic acids is 1. The van der Waals surface area contributed by atoms with E-state index >= 15 is 0 Å². The van der Waals surface area contributed by atoms with Gasteiger partial charge in [-0.2, -0.15) is 13.2 Å². The summed E-state index contributed by atoms with van der Waals surface area (Å²) in [6.45, 7) is 3.50. The van der Waals surface area contributed by atoms with Crippen LogP contribution in [0.4, 0.5) is 35.4 Å². The number of rotatable bonds is 5. The number of anilines is 2. The van der Waals surface area contributed by atoms with E-state index in [1.54, 1.807) is 12.1 Å². The highest BCUT2D eigenvalue weighted by atomic mass is 32.2. The summed E-state index contributed by atoms with van der Waals surface area (Å²) in [7, 11) is 0. The molecular weight excluding hydrogens is 425 g/mol. The number of azo groups is 1. The molecule has 156 valence electrons. The Labute approximate surface area is 173 Å². The second-order valence-corrected chi connectivity index (χ2v) is 8.25. The first kappa shape index (κ1) is 21.5. The maximum atomic E-state index is 12.8. The van der Waals surface area contributed by atoms with E-state index < -0.39 is 12.1 Å². The average molecular weight is 445 g/mol. The van der Waals surface area contributed by atoms with E-state index in [0.717, 1.165) is 37.1 Å². The van der Waals surface area contributed by atoms with Gasteiger partial charge in [0.05, 0.1) is 5.69 Å². The van der Waals surface area contributed by atoms with Gasteiger partial charge in [0, 0.05) is 18.8 Å². The molecule has 1 aliphatic rings. The number of hydrogen-bond donors (Lipinski definition) is 1.